The smallest absolute Gasteiger partial charge is 0.228 e. The number of nitrogens with two attached hydrogens (primary N) is 1. The molecule has 0 spiro atoms. The van der Waals surface area contributed by atoms with Gasteiger partial charge in [-0.2, -0.15) is 0 Å². The standard InChI is InChI=1S/C18H20N2O3S/c1-14-5-7-15(8-6-14)3-2-4-18(21)20-17-11-9-16(10-12-17)13-24(19,22)23/h2-3,5-12H,4,13H2,1H3,(H,20,21)(H2,19,22,23)/b3-2+. The Kier molecular flexibility index (Phi) is 5.89. The second kappa shape index (κ2) is 7.90. The van der Waals surface area contributed by atoms with Gasteiger partial charge in [-0.3, -0.25) is 4.79 Å². The zero-order chi connectivity index (χ0) is 17.6. The number of rotatable bonds is 6. The summed E-state index contributed by atoms with van der Waals surface area (Å²) >= 11 is 0. The molecule has 2 rings (SSSR count). The number of hydrogen-bond acceptors (Lipinski definition) is 3. The molecule has 126 valence electrons. The number of carbonyl (C=O) groups excluding carboxylic acids is 1. The average Bonchev–Trinajstić information content (AvgIpc) is 2.50. The lowest BCUT2D eigenvalue weighted by Crippen LogP contribution is -2.14. The Morgan fingerprint density at radius 2 is 1.71 bits per heavy atom. The molecule has 0 saturated heterocycles. The molecule has 0 aromatic heterocycles. The van der Waals surface area contributed by atoms with Crippen LogP contribution in [0.1, 0.15) is 23.1 Å². The van der Waals surface area contributed by atoms with E-state index in [1.54, 1.807) is 30.3 Å². The van der Waals surface area contributed by atoms with Crippen LogP contribution in [-0.2, 0) is 20.6 Å². The number of hydrogen-bond donors (Lipinski definition) is 2. The first-order valence-corrected chi connectivity index (χ1v) is 9.16. The van der Waals surface area contributed by atoms with Gasteiger partial charge in [0.2, 0.25) is 15.9 Å². The highest BCUT2D eigenvalue weighted by molar-refractivity contribution is 7.88. The molecule has 24 heavy (non-hydrogen) atoms. The topological polar surface area (TPSA) is 89.3 Å². The van der Waals surface area contributed by atoms with Gasteiger partial charge in [0.15, 0.2) is 0 Å². The molecule has 0 saturated carbocycles. The molecule has 2 aromatic rings. The summed E-state index contributed by atoms with van der Waals surface area (Å²) in [7, 11) is -3.55. The van der Waals surface area contributed by atoms with E-state index >= 15 is 0 Å². The predicted octanol–water partition coefficient (Wildman–Crippen LogP) is 2.83. The number of aryl methyl sites for hydroxylation is 1. The highest BCUT2D eigenvalue weighted by Crippen LogP contribution is 2.12. The third-order valence-electron chi connectivity index (χ3n) is 3.30. The van der Waals surface area contributed by atoms with Gasteiger partial charge in [-0.1, -0.05) is 54.1 Å². The summed E-state index contributed by atoms with van der Waals surface area (Å²) in [6.45, 7) is 2.02. The Labute approximate surface area is 142 Å². The maximum Gasteiger partial charge on any atom is 0.228 e. The van der Waals surface area contributed by atoms with Crippen LogP contribution in [-0.4, -0.2) is 14.3 Å². The third-order valence-corrected chi connectivity index (χ3v) is 4.03. The van der Waals surface area contributed by atoms with Crippen molar-refractivity contribution in [1.29, 1.82) is 0 Å². The van der Waals surface area contributed by atoms with Crippen molar-refractivity contribution >= 4 is 27.7 Å². The van der Waals surface area contributed by atoms with Crippen molar-refractivity contribution in [3.63, 3.8) is 0 Å². The zero-order valence-corrected chi connectivity index (χ0v) is 14.2. The molecule has 3 N–H and O–H groups in total. The Bertz CT molecular complexity index is 824. The highest BCUT2D eigenvalue weighted by Gasteiger charge is 2.05. The molecule has 0 heterocycles. The molecule has 0 atom stereocenters. The molecular formula is C18H20N2O3S. The van der Waals surface area contributed by atoms with Gasteiger partial charge < -0.3 is 5.32 Å². The normalized spacial score (nSPS) is 11.6. The average molecular weight is 344 g/mol. The Hall–Kier alpha value is -2.44. The van der Waals surface area contributed by atoms with Crippen molar-refractivity contribution < 1.29 is 13.2 Å². The number of anilines is 1. The van der Waals surface area contributed by atoms with Crippen LogP contribution in [0.3, 0.4) is 0 Å². The number of carbonyl (C=O) groups is 1. The van der Waals surface area contributed by atoms with Gasteiger partial charge in [-0.05, 0) is 30.2 Å². The fourth-order valence-electron chi connectivity index (χ4n) is 2.11. The van der Waals surface area contributed by atoms with Crippen LogP contribution >= 0.6 is 0 Å². The van der Waals surface area contributed by atoms with Gasteiger partial charge in [-0.25, -0.2) is 13.6 Å². The van der Waals surface area contributed by atoms with Gasteiger partial charge >= 0.3 is 0 Å². The number of amides is 1. The lowest BCUT2D eigenvalue weighted by Gasteiger charge is -2.05. The predicted molar refractivity (Wildman–Crippen MR) is 96.7 cm³/mol. The minimum atomic E-state index is -3.55. The fraction of sp³-hybridized carbons (Fsp3) is 0.167. The third kappa shape index (κ3) is 6.36. The van der Waals surface area contributed by atoms with E-state index in [0.717, 1.165) is 5.56 Å². The number of primary sulfonamides is 1. The SMILES string of the molecule is Cc1ccc(/C=C/CC(=O)Nc2ccc(CS(N)(=O)=O)cc2)cc1. The maximum absolute atomic E-state index is 11.9. The van der Waals surface area contributed by atoms with Gasteiger partial charge in [-0.15, -0.1) is 0 Å². The summed E-state index contributed by atoms with van der Waals surface area (Å²) < 4.78 is 22.0. The van der Waals surface area contributed by atoms with Crippen LogP contribution in [0, 0.1) is 6.92 Å². The van der Waals surface area contributed by atoms with E-state index in [-0.39, 0.29) is 18.1 Å². The van der Waals surface area contributed by atoms with Gasteiger partial charge in [0.1, 0.15) is 0 Å². The minimum Gasteiger partial charge on any atom is -0.326 e. The Morgan fingerprint density at radius 3 is 2.29 bits per heavy atom. The highest BCUT2D eigenvalue weighted by atomic mass is 32.2. The number of nitrogens with one attached hydrogen (secondary N) is 1. The summed E-state index contributed by atoms with van der Waals surface area (Å²) in [4.78, 5) is 11.9. The van der Waals surface area contributed by atoms with E-state index in [4.69, 9.17) is 5.14 Å². The second-order valence-electron chi connectivity index (χ2n) is 5.57. The first-order valence-electron chi connectivity index (χ1n) is 7.44. The van der Waals surface area contributed by atoms with Gasteiger partial charge in [0, 0.05) is 12.1 Å². The van der Waals surface area contributed by atoms with Crippen LogP contribution in [0.5, 0.6) is 0 Å². The molecule has 6 heteroatoms. The van der Waals surface area contributed by atoms with Crippen molar-refractivity contribution in [2.24, 2.45) is 5.14 Å². The molecule has 0 radical (unpaired) electrons. The van der Waals surface area contributed by atoms with Crippen LogP contribution in [0.4, 0.5) is 5.69 Å². The molecule has 0 aliphatic heterocycles. The van der Waals surface area contributed by atoms with Crippen molar-refractivity contribution in [2.75, 3.05) is 5.32 Å². The van der Waals surface area contributed by atoms with E-state index in [2.05, 4.69) is 5.32 Å². The number of sulfonamides is 1. The zero-order valence-electron chi connectivity index (χ0n) is 13.4. The van der Waals surface area contributed by atoms with Crippen molar-refractivity contribution in [1.82, 2.24) is 0 Å². The van der Waals surface area contributed by atoms with Gasteiger partial charge in [0.25, 0.3) is 0 Å². The van der Waals surface area contributed by atoms with Crippen LogP contribution in [0.15, 0.2) is 54.6 Å². The summed E-state index contributed by atoms with van der Waals surface area (Å²) in [5.41, 5.74) is 3.42. The molecule has 1 amide bonds. The number of benzene rings is 2. The van der Waals surface area contributed by atoms with Crippen molar-refractivity contribution in [2.45, 2.75) is 19.1 Å². The fourth-order valence-corrected chi connectivity index (χ4v) is 2.77. The van der Waals surface area contributed by atoms with Crippen molar-refractivity contribution in [3.05, 3.63) is 71.3 Å². The maximum atomic E-state index is 11.9. The summed E-state index contributed by atoms with van der Waals surface area (Å²) in [6.07, 6.45) is 3.95. The Morgan fingerprint density at radius 1 is 1.08 bits per heavy atom. The van der Waals surface area contributed by atoms with Crippen LogP contribution in [0.2, 0.25) is 0 Å². The monoisotopic (exact) mass is 344 g/mol. The minimum absolute atomic E-state index is 0.141. The van der Waals surface area contributed by atoms with Crippen molar-refractivity contribution in [3.8, 4) is 0 Å². The molecule has 0 unspecified atom stereocenters. The largest absolute Gasteiger partial charge is 0.326 e. The summed E-state index contributed by atoms with van der Waals surface area (Å²) in [5, 5.41) is 7.75. The lowest BCUT2D eigenvalue weighted by molar-refractivity contribution is -0.115. The molecule has 0 aliphatic rings. The van der Waals surface area contributed by atoms with Gasteiger partial charge in [0.05, 0.1) is 5.75 Å². The van der Waals surface area contributed by atoms with E-state index in [0.29, 0.717) is 11.3 Å². The van der Waals surface area contributed by atoms with E-state index in [1.165, 1.54) is 5.56 Å². The van der Waals surface area contributed by atoms with E-state index in [1.807, 2.05) is 37.3 Å². The summed E-state index contributed by atoms with van der Waals surface area (Å²) in [6, 6.07) is 14.6. The molecule has 2 aromatic carbocycles. The molecule has 0 fully saturated rings. The second-order valence-corrected chi connectivity index (χ2v) is 7.18. The quantitative estimate of drug-likeness (QED) is 0.844. The van der Waals surface area contributed by atoms with Crippen LogP contribution < -0.4 is 10.5 Å². The van der Waals surface area contributed by atoms with E-state index < -0.39 is 10.0 Å². The molecule has 5 nitrogen and oxygen atoms in total. The molecular weight excluding hydrogens is 324 g/mol. The first kappa shape index (κ1) is 17.9. The molecule has 0 bridgehead atoms. The van der Waals surface area contributed by atoms with Crippen LogP contribution in [0.25, 0.3) is 6.08 Å². The Balaban J connectivity index is 1.87. The molecule has 0 aliphatic carbocycles. The summed E-state index contributed by atoms with van der Waals surface area (Å²) in [5.74, 6) is -0.363. The lowest BCUT2D eigenvalue weighted by atomic mass is 10.1. The van der Waals surface area contributed by atoms with E-state index in [9.17, 15) is 13.2 Å². The first-order chi connectivity index (χ1) is 11.3.